The predicted molar refractivity (Wildman–Crippen MR) is 89.8 cm³/mol. The van der Waals surface area contributed by atoms with E-state index in [1.165, 1.54) is 0 Å². The summed E-state index contributed by atoms with van der Waals surface area (Å²) in [6.07, 6.45) is 1.10. The van der Waals surface area contributed by atoms with Crippen LogP contribution < -0.4 is 21.1 Å². The lowest BCUT2D eigenvalue weighted by Gasteiger charge is -2.23. The van der Waals surface area contributed by atoms with Crippen molar-refractivity contribution in [1.29, 1.82) is 0 Å². The van der Waals surface area contributed by atoms with Gasteiger partial charge < -0.3 is 15.0 Å². The van der Waals surface area contributed by atoms with E-state index in [1.54, 1.807) is 4.90 Å². The van der Waals surface area contributed by atoms with Crippen molar-refractivity contribution in [3.63, 3.8) is 0 Å². The first-order chi connectivity index (χ1) is 10.2. The van der Waals surface area contributed by atoms with Crippen LogP contribution in [0.3, 0.4) is 0 Å². The number of hydrogen-bond acceptors (Lipinski definition) is 3. The van der Waals surface area contributed by atoms with Gasteiger partial charge in [0.2, 0.25) is 0 Å². The largest absolute Gasteiger partial charge is 0.370 e. The van der Waals surface area contributed by atoms with Gasteiger partial charge in [0.05, 0.1) is 25.4 Å². The van der Waals surface area contributed by atoms with Crippen molar-refractivity contribution < 1.29 is 9.64 Å². The second-order valence-electron chi connectivity index (χ2n) is 4.98. The number of anilines is 1. The third-order valence-corrected chi connectivity index (χ3v) is 3.86. The number of morpholine rings is 1. The highest BCUT2D eigenvalue weighted by molar-refractivity contribution is 7.80. The predicted octanol–water partition coefficient (Wildman–Crippen LogP) is 0.436. The molecule has 1 saturated heterocycles. The molecule has 7 heteroatoms. The van der Waals surface area contributed by atoms with Crippen molar-refractivity contribution >= 4 is 34.6 Å². The van der Waals surface area contributed by atoms with Crippen LogP contribution in [0, 0.1) is 0 Å². The highest BCUT2D eigenvalue weighted by Crippen LogP contribution is 2.12. The fraction of sp³-hybridized carbons (Fsp3) is 0.500. The van der Waals surface area contributed by atoms with Gasteiger partial charge in [-0.2, -0.15) is 0 Å². The van der Waals surface area contributed by atoms with E-state index < -0.39 is 0 Å². The molecule has 0 saturated carbocycles. The van der Waals surface area contributed by atoms with Crippen molar-refractivity contribution in [2.24, 2.45) is 0 Å². The summed E-state index contributed by atoms with van der Waals surface area (Å²) in [6, 6.07) is 7.43. The fourth-order valence-electron chi connectivity index (χ4n) is 2.16. The minimum Gasteiger partial charge on any atom is -0.370 e. The van der Waals surface area contributed by atoms with Gasteiger partial charge in [0.25, 0.3) is 0 Å². The summed E-state index contributed by atoms with van der Waals surface area (Å²) < 4.78 is 5.34. The lowest BCUT2D eigenvalue weighted by atomic mass is 10.3. The number of quaternary nitrogens is 1. The van der Waals surface area contributed by atoms with Gasteiger partial charge in [-0.05, 0) is 36.5 Å². The zero-order valence-corrected chi connectivity index (χ0v) is 13.5. The van der Waals surface area contributed by atoms with Crippen molar-refractivity contribution in [2.75, 3.05) is 44.8 Å². The Bertz CT molecular complexity index is 437. The van der Waals surface area contributed by atoms with Crippen LogP contribution in [0.5, 0.6) is 0 Å². The number of hydrazine groups is 1. The first-order valence-electron chi connectivity index (χ1n) is 7.21. The maximum absolute atomic E-state index is 5.83. The van der Waals surface area contributed by atoms with Gasteiger partial charge >= 0.3 is 0 Å². The summed E-state index contributed by atoms with van der Waals surface area (Å²) in [5.41, 5.74) is 6.90. The molecule has 1 aromatic rings. The number of nitrogens with one attached hydrogen (secondary N) is 4. The molecule has 0 radical (unpaired) electrons. The summed E-state index contributed by atoms with van der Waals surface area (Å²) >= 11 is 11.0. The summed E-state index contributed by atoms with van der Waals surface area (Å²) in [6.45, 7) is 6.02. The molecular formula is C14H22ClN4OS+. The zero-order chi connectivity index (χ0) is 14.9. The summed E-state index contributed by atoms with van der Waals surface area (Å²) in [5.74, 6) is 0. The van der Waals surface area contributed by atoms with E-state index in [0.717, 1.165) is 51.5 Å². The van der Waals surface area contributed by atoms with E-state index in [4.69, 9.17) is 28.6 Å². The van der Waals surface area contributed by atoms with Crippen LogP contribution in [0.15, 0.2) is 24.3 Å². The topological polar surface area (TPSA) is 49.8 Å². The van der Waals surface area contributed by atoms with Crippen LogP contribution in [-0.2, 0) is 4.74 Å². The second kappa shape index (κ2) is 9.04. The van der Waals surface area contributed by atoms with Crippen molar-refractivity contribution in [1.82, 2.24) is 10.7 Å². The maximum atomic E-state index is 5.83. The van der Waals surface area contributed by atoms with Gasteiger partial charge in [-0.15, -0.1) is 0 Å². The van der Waals surface area contributed by atoms with E-state index in [2.05, 4.69) is 16.2 Å². The van der Waals surface area contributed by atoms with Gasteiger partial charge in [-0.1, -0.05) is 11.6 Å². The monoisotopic (exact) mass is 329 g/mol. The maximum Gasteiger partial charge on any atom is 0.185 e. The molecule has 1 fully saturated rings. The second-order valence-corrected chi connectivity index (χ2v) is 5.82. The Kier molecular flexibility index (Phi) is 7.02. The molecule has 0 bridgehead atoms. The van der Waals surface area contributed by atoms with Crippen LogP contribution in [0.2, 0.25) is 5.02 Å². The minimum atomic E-state index is 0.599. The van der Waals surface area contributed by atoms with Crippen LogP contribution in [0.25, 0.3) is 0 Å². The molecule has 5 nitrogen and oxygen atoms in total. The number of benzene rings is 1. The molecule has 0 amide bonds. The molecule has 2 rings (SSSR count). The smallest absolute Gasteiger partial charge is 0.185 e. The normalized spacial score (nSPS) is 15.5. The molecule has 116 valence electrons. The number of ether oxygens (including phenoxy) is 1. The zero-order valence-electron chi connectivity index (χ0n) is 12.0. The molecule has 1 aliphatic heterocycles. The molecule has 1 heterocycles. The number of rotatable bonds is 6. The molecule has 1 aromatic carbocycles. The molecule has 0 spiro atoms. The van der Waals surface area contributed by atoms with Gasteiger partial charge in [-0.25, -0.2) is 0 Å². The molecule has 1 aliphatic rings. The van der Waals surface area contributed by atoms with Crippen molar-refractivity contribution in [3.05, 3.63) is 29.3 Å². The quantitative estimate of drug-likeness (QED) is 0.347. The first-order valence-corrected chi connectivity index (χ1v) is 7.99. The standard InChI is InChI=1S/C14H21ClN4OS/c15-12-2-4-13(5-3-12)17-18-14(21)16-6-1-7-19-8-10-20-11-9-19/h2-5,17H,1,6-11H2,(H2,16,18,21)/p+1. The lowest BCUT2D eigenvalue weighted by molar-refractivity contribution is -0.908. The molecule has 0 aromatic heterocycles. The number of halogens is 1. The highest BCUT2D eigenvalue weighted by atomic mass is 35.5. The summed E-state index contributed by atoms with van der Waals surface area (Å²) in [7, 11) is 0. The van der Waals surface area contributed by atoms with Crippen LogP contribution in [0.4, 0.5) is 5.69 Å². The average Bonchev–Trinajstić information content (AvgIpc) is 2.52. The lowest BCUT2D eigenvalue weighted by Crippen LogP contribution is -3.14. The van der Waals surface area contributed by atoms with Crippen LogP contribution in [0.1, 0.15) is 6.42 Å². The highest BCUT2D eigenvalue weighted by Gasteiger charge is 2.12. The van der Waals surface area contributed by atoms with Gasteiger partial charge in [0.15, 0.2) is 5.11 Å². The Hall–Kier alpha value is -1.08. The first kappa shape index (κ1) is 16.3. The average molecular weight is 330 g/mol. The summed E-state index contributed by atoms with van der Waals surface area (Å²) in [5, 5.41) is 4.50. The van der Waals surface area contributed by atoms with E-state index >= 15 is 0 Å². The van der Waals surface area contributed by atoms with Crippen LogP contribution in [-0.4, -0.2) is 44.5 Å². The molecule has 21 heavy (non-hydrogen) atoms. The molecule has 0 atom stereocenters. The molecular weight excluding hydrogens is 308 g/mol. The Morgan fingerprint density at radius 1 is 1.24 bits per heavy atom. The summed E-state index contributed by atoms with van der Waals surface area (Å²) in [4.78, 5) is 1.61. The van der Waals surface area contributed by atoms with Gasteiger partial charge in [0, 0.05) is 18.0 Å². The van der Waals surface area contributed by atoms with E-state index in [9.17, 15) is 0 Å². The third kappa shape index (κ3) is 6.48. The minimum absolute atomic E-state index is 0.599. The number of thiocarbonyl (C=S) groups is 1. The SMILES string of the molecule is S=C(NCCC[NH+]1CCOCC1)NNc1ccc(Cl)cc1. The Balaban J connectivity index is 1.54. The molecule has 0 unspecified atom stereocenters. The van der Waals surface area contributed by atoms with E-state index in [-0.39, 0.29) is 0 Å². The van der Waals surface area contributed by atoms with Crippen molar-refractivity contribution in [3.8, 4) is 0 Å². The fourth-order valence-corrected chi connectivity index (χ4v) is 2.44. The Morgan fingerprint density at radius 3 is 2.67 bits per heavy atom. The van der Waals surface area contributed by atoms with Crippen molar-refractivity contribution in [2.45, 2.75) is 6.42 Å². The van der Waals surface area contributed by atoms with Gasteiger partial charge in [0.1, 0.15) is 13.1 Å². The van der Waals surface area contributed by atoms with E-state index in [1.807, 2.05) is 24.3 Å². The number of hydrogen-bond donors (Lipinski definition) is 4. The Labute approximate surface area is 136 Å². The van der Waals surface area contributed by atoms with Crippen LogP contribution >= 0.6 is 23.8 Å². The third-order valence-electron chi connectivity index (χ3n) is 3.36. The molecule has 4 N–H and O–H groups in total. The van der Waals surface area contributed by atoms with Gasteiger partial charge in [-0.3, -0.25) is 10.9 Å². The molecule has 0 aliphatic carbocycles. The Morgan fingerprint density at radius 2 is 1.95 bits per heavy atom. The van der Waals surface area contributed by atoms with E-state index in [0.29, 0.717) is 10.1 Å².